The van der Waals surface area contributed by atoms with E-state index in [4.69, 9.17) is 11.6 Å². The van der Waals surface area contributed by atoms with Gasteiger partial charge in [-0.2, -0.15) is 0 Å². The second-order valence-corrected chi connectivity index (χ2v) is 4.67. The predicted octanol–water partition coefficient (Wildman–Crippen LogP) is 2.58. The molecule has 1 unspecified atom stereocenters. The molecule has 0 N–H and O–H groups in total. The topological polar surface area (TPSA) is 34.9 Å². The molecular formula is C13H15ClN2O. The van der Waals surface area contributed by atoms with Crippen LogP contribution >= 0.6 is 11.6 Å². The first kappa shape index (κ1) is 12.1. The zero-order chi connectivity index (χ0) is 12.4. The molecule has 0 saturated heterocycles. The summed E-state index contributed by atoms with van der Waals surface area (Å²) in [6.07, 6.45) is 0. The molecular weight excluding hydrogens is 236 g/mol. The fraction of sp³-hybridized carbons (Fsp3) is 0.385. The summed E-state index contributed by atoms with van der Waals surface area (Å²) >= 11 is 5.81. The van der Waals surface area contributed by atoms with Gasteiger partial charge in [-0.1, -0.05) is 19.1 Å². The molecule has 0 aliphatic carbocycles. The average molecular weight is 251 g/mol. The van der Waals surface area contributed by atoms with Gasteiger partial charge in [-0.3, -0.25) is 4.79 Å². The highest BCUT2D eigenvalue weighted by molar-refractivity contribution is 6.18. The van der Waals surface area contributed by atoms with Gasteiger partial charge in [-0.15, -0.1) is 11.6 Å². The van der Waals surface area contributed by atoms with Crippen LogP contribution in [0.25, 0.3) is 11.0 Å². The monoisotopic (exact) mass is 250 g/mol. The Hall–Kier alpha value is -1.35. The minimum atomic E-state index is -0.0272. The summed E-state index contributed by atoms with van der Waals surface area (Å²) in [7, 11) is 0. The van der Waals surface area contributed by atoms with Crippen LogP contribution in [0.2, 0.25) is 0 Å². The lowest BCUT2D eigenvalue weighted by atomic mass is 10.2. The Kier molecular flexibility index (Phi) is 3.48. The average Bonchev–Trinajstić information content (AvgIpc) is 2.34. The van der Waals surface area contributed by atoms with Gasteiger partial charge in [-0.25, -0.2) is 4.98 Å². The predicted molar refractivity (Wildman–Crippen MR) is 70.6 cm³/mol. The Morgan fingerprint density at radius 3 is 2.82 bits per heavy atom. The van der Waals surface area contributed by atoms with Gasteiger partial charge in [0, 0.05) is 12.4 Å². The molecule has 4 heteroatoms. The minimum absolute atomic E-state index is 0.0272. The molecule has 0 saturated carbocycles. The molecule has 1 aromatic carbocycles. The number of para-hydroxylation sites is 2. The van der Waals surface area contributed by atoms with Crippen LogP contribution in [0.1, 0.15) is 12.6 Å². The molecule has 1 heterocycles. The van der Waals surface area contributed by atoms with E-state index >= 15 is 0 Å². The summed E-state index contributed by atoms with van der Waals surface area (Å²) in [5.41, 5.74) is 2.23. The van der Waals surface area contributed by atoms with Crippen molar-refractivity contribution < 1.29 is 0 Å². The van der Waals surface area contributed by atoms with Crippen molar-refractivity contribution in [3.8, 4) is 0 Å². The first-order valence-electron chi connectivity index (χ1n) is 5.65. The number of fused-ring (bicyclic) bond motifs is 1. The smallest absolute Gasteiger partial charge is 0.272 e. The van der Waals surface area contributed by atoms with Crippen LogP contribution < -0.4 is 5.56 Å². The minimum Gasteiger partial charge on any atom is -0.305 e. The Bertz CT molecular complexity index is 591. The normalized spacial score (nSPS) is 12.9. The lowest BCUT2D eigenvalue weighted by molar-refractivity contribution is 0.525. The van der Waals surface area contributed by atoms with Crippen molar-refractivity contribution in [1.82, 2.24) is 9.55 Å². The first-order chi connectivity index (χ1) is 8.13. The highest BCUT2D eigenvalue weighted by Gasteiger charge is 2.10. The van der Waals surface area contributed by atoms with E-state index in [1.807, 2.05) is 31.2 Å². The fourth-order valence-corrected chi connectivity index (χ4v) is 1.96. The Labute approximate surface area is 105 Å². The zero-order valence-electron chi connectivity index (χ0n) is 9.98. The van der Waals surface area contributed by atoms with Crippen LogP contribution in [0.3, 0.4) is 0 Å². The lowest BCUT2D eigenvalue weighted by Crippen LogP contribution is -2.27. The van der Waals surface area contributed by atoms with Crippen molar-refractivity contribution in [2.45, 2.75) is 20.4 Å². The first-order valence-corrected chi connectivity index (χ1v) is 6.19. The number of nitrogens with zero attached hydrogens (tertiary/aromatic N) is 2. The molecule has 0 amide bonds. The van der Waals surface area contributed by atoms with E-state index < -0.39 is 0 Å². The number of rotatable bonds is 3. The summed E-state index contributed by atoms with van der Waals surface area (Å²) < 4.78 is 1.77. The molecule has 90 valence electrons. The quantitative estimate of drug-likeness (QED) is 0.785. The van der Waals surface area contributed by atoms with Gasteiger partial charge in [0.25, 0.3) is 5.56 Å². The summed E-state index contributed by atoms with van der Waals surface area (Å²) in [6.45, 7) is 4.41. The second-order valence-electron chi connectivity index (χ2n) is 4.36. The molecule has 0 radical (unpaired) electrons. The number of hydrogen-bond donors (Lipinski definition) is 0. The number of hydrogen-bond acceptors (Lipinski definition) is 2. The van der Waals surface area contributed by atoms with Crippen LogP contribution in [0.5, 0.6) is 0 Å². The van der Waals surface area contributed by atoms with E-state index in [0.717, 1.165) is 11.0 Å². The number of aryl methyl sites for hydroxylation is 1. The standard InChI is InChI=1S/C13H15ClN2O/c1-9(7-14)8-16-12-6-4-3-5-11(12)15-10(2)13(16)17/h3-6,9H,7-8H2,1-2H3. The van der Waals surface area contributed by atoms with E-state index in [1.165, 1.54) is 0 Å². The van der Waals surface area contributed by atoms with Gasteiger partial charge in [-0.05, 0) is 25.0 Å². The maximum atomic E-state index is 12.1. The third-order valence-electron chi connectivity index (χ3n) is 2.77. The van der Waals surface area contributed by atoms with Gasteiger partial charge in [0.1, 0.15) is 5.69 Å². The van der Waals surface area contributed by atoms with Crippen molar-refractivity contribution >= 4 is 22.6 Å². The van der Waals surface area contributed by atoms with E-state index in [-0.39, 0.29) is 11.5 Å². The molecule has 0 spiro atoms. The van der Waals surface area contributed by atoms with E-state index in [0.29, 0.717) is 18.1 Å². The highest BCUT2D eigenvalue weighted by atomic mass is 35.5. The lowest BCUT2D eigenvalue weighted by Gasteiger charge is -2.14. The SMILES string of the molecule is Cc1nc2ccccc2n(CC(C)CCl)c1=O. The molecule has 1 atom stereocenters. The van der Waals surface area contributed by atoms with Crippen LogP contribution in [-0.4, -0.2) is 15.4 Å². The number of alkyl halides is 1. The number of aromatic nitrogens is 2. The number of benzene rings is 1. The molecule has 0 bridgehead atoms. The van der Waals surface area contributed by atoms with E-state index in [9.17, 15) is 4.79 Å². The van der Waals surface area contributed by atoms with Gasteiger partial charge < -0.3 is 4.57 Å². The summed E-state index contributed by atoms with van der Waals surface area (Å²) in [5.74, 6) is 0.807. The van der Waals surface area contributed by atoms with Crippen molar-refractivity contribution in [3.63, 3.8) is 0 Å². The van der Waals surface area contributed by atoms with Crippen molar-refractivity contribution in [2.24, 2.45) is 5.92 Å². The molecule has 0 aliphatic rings. The molecule has 0 fully saturated rings. The van der Waals surface area contributed by atoms with Gasteiger partial charge in [0.15, 0.2) is 0 Å². The van der Waals surface area contributed by atoms with Crippen molar-refractivity contribution in [2.75, 3.05) is 5.88 Å². The van der Waals surface area contributed by atoms with Crippen LogP contribution in [0, 0.1) is 12.8 Å². The maximum Gasteiger partial charge on any atom is 0.272 e. The van der Waals surface area contributed by atoms with Gasteiger partial charge in [0.2, 0.25) is 0 Å². The molecule has 2 rings (SSSR count). The second kappa shape index (κ2) is 4.88. The third-order valence-corrected chi connectivity index (χ3v) is 3.30. The van der Waals surface area contributed by atoms with Crippen LogP contribution in [0.15, 0.2) is 29.1 Å². The van der Waals surface area contributed by atoms with Crippen molar-refractivity contribution in [1.29, 1.82) is 0 Å². The highest BCUT2D eigenvalue weighted by Crippen LogP contribution is 2.12. The molecule has 0 aliphatic heterocycles. The van der Waals surface area contributed by atoms with Crippen molar-refractivity contribution in [3.05, 3.63) is 40.3 Å². The Morgan fingerprint density at radius 2 is 2.12 bits per heavy atom. The summed E-state index contributed by atoms with van der Waals surface area (Å²) in [5, 5.41) is 0. The zero-order valence-corrected chi connectivity index (χ0v) is 10.7. The molecule has 1 aromatic heterocycles. The molecule has 3 nitrogen and oxygen atoms in total. The Morgan fingerprint density at radius 1 is 1.41 bits per heavy atom. The van der Waals surface area contributed by atoms with Gasteiger partial charge in [0.05, 0.1) is 11.0 Å². The number of halogens is 1. The molecule has 2 aromatic rings. The van der Waals surface area contributed by atoms with E-state index in [2.05, 4.69) is 4.98 Å². The maximum absolute atomic E-state index is 12.1. The van der Waals surface area contributed by atoms with Crippen LogP contribution in [0.4, 0.5) is 0 Å². The largest absolute Gasteiger partial charge is 0.305 e. The Balaban J connectivity index is 2.66. The summed E-state index contributed by atoms with van der Waals surface area (Å²) in [4.78, 5) is 16.4. The molecule has 17 heavy (non-hydrogen) atoms. The van der Waals surface area contributed by atoms with E-state index in [1.54, 1.807) is 11.5 Å². The van der Waals surface area contributed by atoms with Gasteiger partial charge >= 0.3 is 0 Å². The van der Waals surface area contributed by atoms with Crippen LogP contribution in [-0.2, 0) is 6.54 Å². The summed E-state index contributed by atoms with van der Waals surface area (Å²) in [6, 6.07) is 7.68. The third kappa shape index (κ3) is 2.34. The fourth-order valence-electron chi connectivity index (χ4n) is 1.86.